The quantitative estimate of drug-likeness (QED) is 0.378. The van der Waals surface area contributed by atoms with Crippen LogP contribution >= 0.6 is 0 Å². The average molecular weight is 452 g/mol. The number of pyridine rings is 2. The molecule has 0 fully saturated rings. The van der Waals surface area contributed by atoms with Crippen LogP contribution < -0.4 is 10.6 Å². The van der Waals surface area contributed by atoms with Crippen LogP contribution in [0.25, 0.3) is 11.1 Å². The molecule has 1 amide bonds. The van der Waals surface area contributed by atoms with E-state index in [0.29, 0.717) is 30.9 Å². The van der Waals surface area contributed by atoms with E-state index < -0.39 is 0 Å². The van der Waals surface area contributed by atoms with Gasteiger partial charge in [0.1, 0.15) is 11.9 Å². The van der Waals surface area contributed by atoms with Gasteiger partial charge in [0.05, 0.1) is 17.7 Å². The third-order valence-electron chi connectivity index (χ3n) is 5.43. The number of carbonyl (C=O) groups is 1. The molecule has 34 heavy (non-hydrogen) atoms. The van der Waals surface area contributed by atoms with E-state index in [0.717, 1.165) is 22.4 Å². The van der Waals surface area contributed by atoms with Crippen LogP contribution in [0.1, 0.15) is 22.7 Å². The van der Waals surface area contributed by atoms with Gasteiger partial charge in [-0.1, -0.05) is 30.3 Å². The van der Waals surface area contributed by atoms with E-state index in [4.69, 9.17) is 5.26 Å². The standard InChI is InChI=1S/C26H25N7O/c1-33-18-22(16-31-33)21-8-10-25(30-15-21)32-26(34)24(20-5-3-2-4-6-20)17-28-12-11-23-9-7-19(13-27)14-29-23/h2-10,14-16,18,24,28H,11-12,17H2,1H3,(H,30,32,34). The van der Waals surface area contributed by atoms with Crippen molar-refractivity contribution in [2.45, 2.75) is 12.3 Å². The maximum Gasteiger partial charge on any atom is 0.234 e. The fraction of sp³-hybridized carbons (Fsp3) is 0.192. The molecule has 0 aliphatic heterocycles. The molecule has 2 N–H and O–H groups in total. The number of nitrogens with zero attached hydrogens (tertiary/aromatic N) is 5. The monoisotopic (exact) mass is 451 g/mol. The minimum absolute atomic E-state index is 0.128. The molecule has 3 aromatic heterocycles. The number of nitrogens with one attached hydrogen (secondary N) is 2. The summed E-state index contributed by atoms with van der Waals surface area (Å²) in [6.45, 7) is 1.13. The Kier molecular flexibility index (Phi) is 7.38. The van der Waals surface area contributed by atoms with E-state index in [1.54, 1.807) is 35.4 Å². The summed E-state index contributed by atoms with van der Waals surface area (Å²) in [6, 6.07) is 19.1. The SMILES string of the molecule is Cn1cc(-c2ccc(NC(=O)C(CNCCc3ccc(C#N)cn3)c3ccccc3)nc2)cn1. The maximum atomic E-state index is 13.2. The molecular formula is C26H25N7O. The van der Waals surface area contributed by atoms with Crippen molar-refractivity contribution in [3.05, 3.63) is 96.2 Å². The fourth-order valence-corrected chi connectivity index (χ4v) is 3.57. The Labute approximate surface area is 198 Å². The zero-order valence-electron chi connectivity index (χ0n) is 18.8. The van der Waals surface area contributed by atoms with Crippen LogP contribution in [0.4, 0.5) is 5.82 Å². The van der Waals surface area contributed by atoms with Crippen LogP contribution in [0.2, 0.25) is 0 Å². The van der Waals surface area contributed by atoms with Gasteiger partial charge in [0.25, 0.3) is 0 Å². The van der Waals surface area contributed by atoms with Crippen molar-refractivity contribution >= 4 is 11.7 Å². The van der Waals surface area contributed by atoms with Crippen molar-refractivity contribution in [3.8, 4) is 17.2 Å². The number of amides is 1. The maximum absolute atomic E-state index is 13.2. The third kappa shape index (κ3) is 5.91. The first-order valence-corrected chi connectivity index (χ1v) is 11.0. The van der Waals surface area contributed by atoms with Gasteiger partial charge in [-0.05, 0) is 29.8 Å². The Morgan fingerprint density at radius 1 is 1.03 bits per heavy atom. The summed E-state index contributed by atoms with van der Waals surface area (Å²) in [5.41, 5.74) is 4.26. The van der Waals surface area contributed by atoms with Gasteiger partial charge in [0.2, 0.25) is 5.91 Å². The minimum Gasteiger partial charge on any atom is -0.315 e. The van der Waals surface area contributed by atoms with E-state index in [1.165, 1.54) is 0 Å². The van der Waals surface area contributed by atoms with Crippen molar-refractivity contribution < 1.29 is 4.79 Å². The Bertz CT molecular complexity index is 1260. The van der Waals surface area contributed by atoms with Crippen LogP contribution in [0, 0.1) is 11.3 Å². The minimum atomic E-state index is -0.380. The highest BCUT2D eigenvalue weighted by Crippen LogP contribution is 2.20. The summed E-state index contributed by atoms with van der Waals surface area (Å²) in [4.78, 5) is 21.9. The zero-order chi connectivity index (χ0) is 23.8. The molecule has 0 saturated heterocycles. The number of hydrogen-bond acceptors (Lipinski definition) is 6. The third-order valence-corrected chi connectivity index (χ3v) is 5.43. The summed E-state index contributed by atoms with van der Waals surface area (Å²) in [5.74, 6) is -0.00731. The number of aryl methyl sites for hydroxylation is 1. The van der Waals surface area contributed by atoms with Gasteiger partial charge in [-0.3, -0.25) is 14.5 Å². The van der Waals surface area contributed by atoms with Gasteiger partial charge in [-0.2, -0.15) is 10.4 Å². The highest BCUT2D eigenvalue weighted by atomic mass is 16.2. The van der Waals surface area contributed by atoms with Crippen molar-refractivity contribution in [3.63, 3.8) is 0 Å². The second-order valence-electron chi connectivity index (χ2n) is 7.89. The summed E-state index contributed by atoms with van der Waals surface area (Å²) in [5, 5.41) is 19.4. The molecule has 170 valence electrons. The Balaban J connectivity index is 1.38. The van der Waals surface area contributed by atoms with Crippen molar-refractivity contribution in [2.75, 3.05) is 18.4 Å². The summed E-state index contributed by atoms with van der Waals surface area (Å²) < 4.78 is 1.74. The van der Waals surface area contributed by atoms with Gasteiger partial charge in [0, 0.05) is 62.0 Å². The fourth-order valence-electron chi connectivity index (χ4n) is 3.57. The zero-order valence-corrected chi connectivity index (χ0v) is 18.8. The second kappa shape index (κ2) is 11.0. The molecule has 1 atom stereocenters. The number of benzene rings is 1. The Hall–Kier alpha value is -4.35. The number of nitriles is 1. The van der Waals surface area contributed by atoms with Crippen LogP contribution in [0.5, 0.6) is 0 Å². The number of hydrogen-bond donors (Lipinski definition) is 2. The topological polar surface area (TPSA) is 109 Å². The molecule has 4 rings (SSSR count). The predicted octanol–water partition coefficient (Wildman–Crippen LogP) is 3.30. The molecule has 0 aliphatic rings. The van der Waals surface area contributed by atoms with Gasteiger partial charge >= 0.3 is 0 Å². The van der Waals surface area contributed by atoms with Crippen molar-refractivity contribution in [1.82, 2.24) is 25.1 Å². The first kappa shape index (κ1) is 22.8. The van der Waals surface area contributed by atoms with Gasteiger partial charge in [0.15, 0.2) is 0 Å². The summed E-state index contributed by atoms with van der Waals surface area (Å²) in [7, 11) is 1.87. The second-order valence-corrected chi connectivity index (χ2v) is 7.89. The lowest BCUT2D eigenvalue weighted by Crippen LogP contribution is -2.32. The summed E-state index contributed by atoms with van der Waals surface area (Å²) >= 11 is 0. The molecule has 4 aromatic rings. The van der Waals surface area contributed by atoms with Crippen LogP contribution in [0.3, 0.4) is 0 Å². The average Bonchev–Trinajstić information content (AvgIpc) is 3.31. The van der Waals surface area contributed by atoms with E-state index in [-0.39, 0.29) is 11.8 Å². The first-order valence-electron chi connectivity index (χ1n) is 11.0. The normalized spacial score (nSPS) is 11.5. The van der Waals surface area contributed by atoms with Gasteiger partial charge in [-0.15, -0.1) is 0 Å². The Morgan fingerprint density at radius 2 is 1.88 bits per heavy atom. The summed E-state index contributed by atoms with van der Waals surface area (Å²) in [6.07, 6.45) is 7.70. The van der Waals surface area contributed by atoms with Gasteiger partial charge < -0.3 is 10.6 Å². The molecule has 1 aromatic carbocycles. The lowest BCUT2D eigenvalue weighted by Gasteiger charge is -2.18. The lowest BCUT2D eigenvalue weighted by molar-refractivity contribution is -0.117. The van der Waals surface area contributed by atoms with Crippen LogP contribution in [0.15, 0.2) is 79.4 Å². The van der Waals surface area contributed by atoms with E-state index in [9.17, 15) is 4.79 Å². The molecule has 8 heteroatoms. The van der Waals surface area contributed by atoms with E-state index >= 15 is 0 Å². The van der Waals surface area contributed by atoms with Crippen LogP contribution in [-0.2, 0) is 18.3 Å². The molecular weight excluding hydrogens is 426 g/mol. The predicted molar refractivity (Wildman–Crippen MR) is 130 cm³/mol. The first-order chi connectivity index (χ1) is 16.6. The molecule has 0 radical (unpaired) electrons. The van der Waals surface area contributed by atoms with Crippen molar-refractivity contribution in [2.24, 2.45) is 7.05 Å². The molecule has 8 nitrogen and oxygen atoms in total. The number of aromatic nitrogens is 4. The molecule has 0 bridgehead atoms. The highest BCUT2D eigenvalue weighted by Gasteiger charge is 2.21. The number of rotatable bonds is 9. The van der Waals surface area contributed by atoms with Crippen molar-refractivity contribution in [1.29, 1.82) is 5.26 Å². The van der Waals surface area contributed by atoms with E-state index in [2.05, 4.69) is 31.8 Å². The van der Waals surface area contributed by atoms with E-state index in [1.807, 2.05) is 55.7 Å². The highest BCUT2D eigenvalue weighted by molar-refractivity contribution is 5.95. The molecule has 3 heterocycles. The smallest absolute Gasteiger partial charge is 0.234 e. The molecule has 0 saturated carbocycles. The number of anilines is 1. The Morgan fingerprint density at radius 3 is 2.53 bits per heavy atom. The lowest BCUT2D eigenvalue weighted by atomic mass is 9.98. The molecule has 0 spiro atoms. The van der Waals surface area contributed by atoms with Gasteiger partial charge in [-0.25, -0.2) is 4.98 Å². The molecule has 1 unspecified atom stereocenters. The molecule has 0 aliphatic carbocycles. The largest absolute Gasteiger partial charge is 0.315 e. The number of carbonyl (C=O) groups excluding carboxylic acids is 1. The van der Waals surface area contributed by atoms with Crippen LogP contribution in [-0.4, -0.2) is 38.7 Å².